The topological polar surface area (TPSA) is 134 Å². The van der Waals surface area contributed by atoms with Gasteiger partial charge in [-0.2, -0.15) is 0 Å². The molecule has 138 valence electrons. The number of rotatable bonds is 8. The summed E-state index contributed by atoms with van der Waals surface area (Å²) in [5, 5.41) is 21.0. The summed E-state index contributed by atoms with van der Waals surface area (Å²) in [4.78, 5) is 32.3. The van der Waals surface area contributed by atoms with Gasteiger partial charge in [-0.1, -0.05) is 17.7 Å². The summed E-state index contributed by atoms with van der Waals surface area (Å²) in [6, 6.07) is 6.23. The summed E-state index contributed by atoms with van der Waals surface area (Å²) in [5.74, 6) is -0.669. The summed E-state index contributed by atoms with van der Waals surface area (Å²) in [5.41, 5.74) is 4.66. The largest absolute Gasteiger partial charge is 0.395 e. The summed E-state index contributed by atoms with van der Waals surface area (Å²) >= 11 is 5.84. The van der Waals surface area contributed by atoms with Crippen LogP contribution in [-0.4, -0.2) is 45.6 Å². The van der Waals surface area contributed by atoms with E-state index in [1.54, 1.807) is 25.1 Å². The molecule has 0 spiro atoms. The van der Waals surface area contributed by atoms with Crippen molar-refractivity contribution in [2.45, 2.75) is 6.92 Å². The Hall–Kier alpha value is -2.98. The van der Waals surface area contributed by atoms with Gasteiger partial charge in [-0.05, 0) is 25.1 Å². The third-order valence-corrected chi connectivity index (χ3v) is 3.65. The predicted molar refractivity (Wildman–Crippen MR) is 96.2 cm³/mol. The standard InChI is InChI=1S/C15H17ClN6O4/c1-2-21(6-7-23)14-12(22(25)26)13(17-9-18-14)19-20-15(24)10-4-3-5-11(16)8-10/h3-5,8-9,23H,2,6-7H2,1H3,(H,20,24)(H,17,18,19). The van der Waals surface area contributed by atoms with E-state index in [1.807, 2.05) is 0 Å². The molecule has 0 bridgehead atoms. The molecular weight excluding hydrogens is 364 g/mol. The smallest absolute Gasteiger partial charge is 0.355 e. The fourth-order valence-corrected chi connectivity index (χ4v) is 2.40. The lowest BCUT2D eigenvalue weighted by Crippen LogP contribution is -2.32. The zero-order valence-corrected chi connectivity index (χ0v) is 14.6. The van der Waals surface area contributed by atoms with Crippen molar-refractivity contribution in [2.24, 2.45) is 0 Å². The van der Waals surface area contributed by atoms with Crippen molar-refractivity contribution in [1.29, 1.82) is 0 Å². The van der Waals surface area contributed by atoms with E-state index in [1.165, 1.54) is 11.0 Å². The third kappa shape index (κ3) is 4.55. The Morgan fingerprint density at radius 3 is 2.81 bits per heavy atom. The molecule has 0 unspecified atom stereocenters. The molecule has 0 aliphatic rings. The van der Waals surface area contributed by atoms with Crippen LogP contribution in [0.2, 0.25) is 5.02 Å². The highest BCUT2D eigenvalue weighted by molar-refractivity contribution is 6.30. The molecule has 2 aromatic rings. The first-order valence-corrected chi connectivity index (χ1v) is 8.02. The fourth-order valence-electron chi connectivity index (χ4n) is 2.21. The molecule has 0 saturated carbocycles. The highest BCUT2D eigenvalue weighted by Crippen LogP contribution is 2.31. The quantitative estimate of drug-likeness (QED) is 0.464. The molecule has 11 heteroatoms. The normalized spacial score (nSPS) is 10.3. The average Bonchev–Trinajstić information content (AvgIpc) is 2.63. The molecule has 0 aliphatic heterocycles. The highest BCUT2D eigenvalue weighted by atomic mass is 35.5. The van der Waals surface area contributed by atoms with Crippen LogP contribution in [0.25, 0.3) is 0 Å². The maximum atomic E-state index is 12.1. The summed E-state index contributed by atoms with van der Waals surface area (Å²) in [7, 11) is 0. The van der Waals surface area contributed by atoms with Crippen LogP contribution < -0.4 is 15.8 Å². The number of carbonyl (C=O) groups excluding carboxylic acids is 1. The molecule has 1 aromatic carbocycles. The number of anilines is 2. The maximum absolute atomic E-state index is 12.1. The molecule has 0 atom stereocenters. The number of halogens is 1. The molecule has 1 aromatic heterocycles. The van der Waals surface area contributed by atoms with Gasteiger partial charge in [-0.15, -0.1) is 0 Å². The van der Waals surface area contributed by atoms with Gasteiger partial charge in [0, 0.05) is 23.7 Å². The van der Waals surface area contributed by atoms with Crippen molar-refractivity contribution < 1.29 is 14.8 Å². The van der Waals surface area contributed by atoms with Gasteiger partial charge in [0.1, 0.15) is 6.33 Å². The van der Waals surface area contributed by atoms with Crippen LogP contribution in [0, 0.1) is 10.1 Å². The molecule has 26 heavy (non-hydrogen) atoms. The highest BCUT2D eigenvalue weighted by Gasteiger charge is 2.26. The number of aliphatic hydroxyl groups excluding tert-OH is 1. The van der Waals surface area contributed by atoms with Gasteiger partial charge in [0.15, 0.2) is 0 Å². The first-order chi connectivity index (χ1) is 12.5. The number of nitrogens with one attached hydrogen (secondary N) is 2. The molecular formula is C15H17ClN6O4. The number of nitrogens with zero attached hydrogens (tertiary/aromatic N) is 4. The molecule has 0 aliphatic carbocycles. The second kappa shape index (κ2) is 8.92. The number of aromatic nitrogens is 2. The Bertz CT molecular complexity index is 803. The number of hydrogen-bond acceptors (Lipinski definition) is 8. The Kier molecular flexibility index (Phi) is 6.64. The Balaban J connectivity index is 2.26. The molecule has 1 amide bonds. The van der Waals surface area contributed by atoms with Crippen LogP contribution >= 0.6 is 11.6 Å². The van der Waals surface area contributed by atoms with Gasteiger partial charge in [0.25, 0.3) is 5.91 Å². The lowest BCUT2D eigenvalue weighted by atomic mass is 10.2. The van der Waals surface area contributed by atoms with E-state index in [2.05, 4.69) is 20.8 Å². The summed E-state index contributed by atoms with van der Waals surface area (Å²) in [6.45, 7) is 2.15. The van der Waals surface area contributed by atoms with Crippen molar-refractivity contribution >= 4 is 34.8 Å². The van der Waals surface area contributed by atoms with Crippen molar-refractivity contribution in [3.63, 3.8) is 0 Å². The van der Waals surface area contributed by atoms with Crippen LogP contribution in [0.1, 0.15) is 17.3 Å². The van der Waals surface area contributed by atoms with Crippen LogP contribution in [0.3, 0.4) is 0 Å². The number of likely N-dealkylation sites (N-methyl/N-ethyl adjacent to an activating group) is 1. The Morgan fingerprint density at radius 2 is 2.19 bits per heavy atom. The number of hydrazine groups is 1. The zero-order valence-electron chi connectivity index (χ0n) is 13.8. The second-order valence-electron chi connectivity index (χ2n) is 5.04. The molecule has 2 rings (SSSR count). The van der Waals surface area contributed by atoms with Crippen molar-refractivity contribution in [2.75, 3.05) is 30.0 Å². The minimum Gasteiger partial charge on any atom is -0.395 e. The molecule has 1 heterocycles. The number of aliphatic hydroxyl groups is 1. The van der Waals surface area contributed by atoms with Gasteiger partial charge >= 0.3 is 5.69 Å². The second-order valence-corrected chi connectivity index (χ2v) is 5.48. The molecule has 0 fully saturated rings. The first-order valence-electron chi connectivity index (χ1n) is 7.65. The minimum atomic E-state index is -0.650. The van der Waals surface area contributed by atoms with E-state index in [0.717, 1.165) is 6.33 Å². The van der Waals surface area contributed by atoms with Gasteiger partial charge in [-0.3, -0.25) is 25.8 Å². The summed E-state index contributed by atoms with van der Waals surface area (Å²) < 4.78 is 0. The number of hydrogen-bond donors (Lipinski definition) is 3. The predicted octanol–water partition coefficient (Wildman–Crippen LogP) is 1.61. The van der Waals surface area contributed by atoms with Crippen LogP contribution in [0.15, 0.2) is 30.6 Å². The van der Waals surface area contributed by atoms with Crippen molar-refractivity contribution in [1.82, 2.24) is 15.4 Å². The lowest BCUT2D eigenvalue weighted by molar-refractivity contribution is -0.383. The SMILES string of the molecule is CCN(CCO)c1ncnc(NNC(=O)c2cccc(Cl)c2)c1[N+](=O)[O-]. The monoisotopic (exact) mass is 380 g/mol. The molecule has 10 nitrogen and oxygen atoms in total. The van der Waals surface area contributed by atoms with Gasteiger partial charge in [-0.25, -0.2) is 9.97 Å². The number of nitro groups is 1. The van der Waals surface area contributed by atoms with Gasteiger partial charge in [0.2, 0.25) is 11.6 Å². The number of carbonyl (C=O) groups is 1. The Labute approximate surface area is 153 Å². The zero-order chi connectivity index (χ0) is 19.1. The van der Waals surface area contributed by atoms with Crippen LogP contribution in [0.5, 0.6) is 0 Å². The fraction of sp³-hybridized carbons (Fsp3) is 0.267. The van der Waals surface area contributed by atoms with Crippen molar-refractivity contribution in [3.8, 4) is 0 Å². The van der Waals surface area contributed by atoms with E-state index in [4.69, 9.17) is 16.7 Å². The van der Waals surface area contributed by atoms with E-state index >= 15 is 0 Å². The van der Waals surface area contributed by atoms with Gasteiger partial charge in [0.05, 0.1) is 11.5 Å². The maximum Gasteiger partial charge on any atom is 0.355 e. The van der Waals surface area contributed by atoms with Gasteiger partial charge < -0.3 is 10.0 Å². The van der Waals surface area contributed by atoms with Crippen molar-refractivity contribution in [3.05, 3.63) is 51.3 Å². The van der Waals surface area contributed by atoms with E-state index in [9.17, 15) is 14.9 Å². The van der Waals surface area contributed by atoms with Crippen LogP contribution in [0.4, 0.5) is 17.3 Å². The van der Waals surface area contributed by atoms with E-state index in [0.29, 0.717) is 11.6 Å². The first kappa shape index (κ1) is 19.3. The number of benzene rings is 1. The van der Waals surface area contributed by atoms with E-state index in [-0.39, 0.29) is 30.4 Å². The Morgan fingerprint density at radius 1 is 1.42 bits per heavy atom. The molecule has 3 N–H and O–H groups in total. The minimum absolute atomic E-state index is 0.0426. The molecule has 0 saturated heterocycles. The lowest BCUT2D eigenvalue weighted by Gasteiger charge is -2.20. The third-order valence-electron chi connectivity index (χ3n) is 3.42. The number of amides is 1. The van der Waals surface area contributed by atoms with E-state index < -0.39 is 16.5 Å². The summed E-state index contributed by atoms with van der Waals surface area (Å²) in [6.07, 6.45) is 1.14. The van der Waals surface area contributed by atoms with Crippen LogP contribution in [-0.2, 0) is 0 Å². The molecule has 0 radical (unpaired) electrons. The average molecular weight is 381 g/mol.